The van der Waals surface area contributed by atoms with Crippen LogP contribution in [0.2, 0.25) is 0 Å². The number of pyridine rings is 1. The van der Waals surface area contributed by atoms with Crippen LogP contribution in [0.1, 0.15) is 118 Å². The lowest BCUT2D eigenvalue weighted by molar-refractivity contribution is -0.0158. The molecule has 0 amide bonds. The lowest BCUT2D eigenvalue weighted by atomic mass is 9.64. The minimum atomic E-state index is -0.683. The second kappa shape index (κ2) is 16.7. The van der Waals surface area contributed by atoms with Crippen molar-refractivity contribution in [1.29, 1.82) is 0 Å². The first-order valence-electron chi connectivity index (χ1n) is 25.5. The van der Waals surface area contributed by atoms with E-state index in [1.165, 1.54) is 60.8 Å². The lowest BCUT2D eigenvalue weighted by Gasteiger charge is -2.45. The van der Waals surface area contributed by atoms with E-state index in [0.717, 1.165) is 45.0 Å². The van der Waals surface area contributed by atoms with Gasteiger partial charge in [-0.25, -0.2) is 9.98 Å². The Hall–Kier alpha value is -7.24. The minimum absolute atomic E-state index is 0.0453. The Morgan fingerprint density at radius 1 is 0.577 bits per heavy atom. The number of hydrogen-bond acceptors (Lipinski definition) is 4. The van der Waals surface area contributed by atoms with E-state index in [1.807, 2.05) is 6.20 Å². The van der Waals surface area contributed by atoms with Gasteiger partial charge >= 0.3 is 0 Å². The molecule has 11 rings (SSSR count). The normalized spacial score (nSPS) is 18.5. The monoisotopic (exact) mass is 931 g/mol. The molecule has 2 aliphatic heterocycles. The van der Waals surface area contributed by atoms with Crippen LogP contribution in [0, 0.1) is 26.7 Å². The van der Waals surface area contributed by atoms with E-state index in [9.17, 15) is 0 Å². The smallest absolute Gasteiger partial charge is 0.217 e. The SMILES string of the molecule is Cc1ccc2c(c1)c1cc3c(cc1n2-c1cc(C(C)(C)C)ccn1)N(c1cc(C2=N[C@](C)(C(c4ccccc4)c4ccccc4)[C@@](C)(C(C)C)O2)cc(-c2c(C)cccc2C)c1)c1ccccc1C3(C)C. The third-order valence-electron chi connectivity index (χ3n) is 16.4. The number of aliphatic imine (C=N–C) groups is 1. The molecule has 71 heavy (non-hydrogen) atoms. The van der Waals surface area contributed by atoms with E-state index in [-0.39, 0.29) is 22.7 Å². The van der Waals surface area contributed by atoms with Crippen LogP contribution in [0.3, 0.4) is 0 Å². The van der Waals surface area contributed by atoms with Gasteiger partial charge in [0.05, 0.1) is 22.4 Å². The van der Waals surface area contributed by atoms with E-state index >= 15 is 0 Å². The van der Waals surface area contributed by atoms with Gasteiger partial charge in [-0.15, -0.1) is 0 Å². The number of rotatable bonds is 8. The van der Waals surface area contributed by atoms with Crippen molar-refractivity contribution in [2.24, 2.45) is 10.9 Å². The number of anilines is 3. The highest BCUT2D eigenvalue weighted by atomic mass is 16.5. The average molecular weight is 931 g/mol. The number of para-hydroxylation sites is 1. The van der Waals surface area contributed by atoms with E-state index < -0.39 is 11.1 Å². The van der Waals surface area contributed by atoms with Crippen molar-refractivity contribution in [3.8, 4) is 16.9 Å². The van der Waals surface area contributed by atoms with Gasteiger partial charge in [-0.3, -0.25) is 4.57 Å². The zero-order valence-electron chi connectivity index (χ0n) is 43.5. The molecule has 0 saturated heterocycles. The molecule has 0 radical (unpaired) electrons. The van der Waals surface area contributed by atoms with Crippen LogP contribution < -0.4 is 4.90 Å². The molecular formula is C66H66N4O. The Kier molecular flexibility index (Phi) is 10.9. The second-order valence-corrected chi connectivity index (χ2v) is 22.6. The van der Waals surface area contributed by atoms with Crippen LogP contribution in [0.5, 0.6) is 0 Å². The largest absolute Gasteiger partial charge is 0.468 e. The van der Waals surface area contributed by atoms with Crippen LogP contribution in [0.15, 0.2) is 175 Å². The molecule has 0 spiro atoms. The van der Waals surface area contributed by atoms with Crippen molar-refractivity contribution in [3.05, 3.63) is 220 Å². The number of aryl methyl sites for hydroxylation is 3. The van der Waals surface area contributed by atoms with Gasteiger partial charge in [0, 0.05) is 39.6 Å². The molecule has 5 heteroatoms. The van der Waals surface area contributed by atoms with Gasteiger partial charge in [0.15, 0.2) is 0 Å². The van der Waals surface area contributed by atoms with Gasteiger partial charge in [0.2, 0.25) is 5.90 Å². The van der Waals surface area contributed by atoms with Gasteiger partial charge in [-0.05, 0) is 157 Å². The maximum atomic E-state index is 7.52. The number of benzene rings is 7. The lowest BCUT2D eigenvalue weighted by Crippen LogP contribution is -2.54. The molecule has 0 unspecified atom stereocenters. The Bertz CT molecular complexity index is 3520. The van der Waals surface area contributed by atoms with Crippen molar-refractivity contribution in [1.82, 2.24) is 9.55 Å². The van der Waals surface area contributed by atoms with Crippen molar-refractivity contribution in [3.63, 3.8) is 0 Å². The van der Waals surface area contributed by atoms with Gasteiger partial charge in [0.1, 0.15) is 17.0 Å². The summed E-state index contributed by atoms with van der Waals surface area (Å²) in [7, 11) is 0. The molecule has 0 bridgehead atoms. The first-order chi connectivity index (χ1) is 33.9. The molecular weight excluding hydrogens is 865 g/mol. The van der Waals surface area contributed by atoms with E-state index in [0.29, 0.717) is 5.90 Å². The highest BCUT2D eigenvalue weighted by Gasteiger charge is 2.59. The number of aromatic nitrogens is 2. The van der Waals surface area contributed by atoms with Crippen molar-refractivity contribution in [2.45, 2.75) is 111 Å². The molecule has 0 aliphatic carbocycles. The molecule has 0 saturated carbocycles. The van der Waals surface area contributed by atoms with Gasteiger partial charge in [-0.2, -0.15) is 0 Å². The summed E-state index contributed by atoms with van der Waals surface area (Å²) >= 11 is 0. The fraction of sp³-hybridized carbons (Fsp3) is 0.273. The van der Waals surface area contributed by atoms with Crippen molar-refractivity contribution >= 4 is 44.8 Å². The molecule has 4 heterocycles. The summed E-state index contributed by atoms with van der Waals surface area (Å²) in [5.41, 5.74) is 17.1. The third-order valence-corrected chi connectivity index (χ3v) is 16.4. The maximum absolute atomic E-state index is 7.52. The van der Waals surface area contributed by atoms with Crippen LogP contribution >= 0.6 is 0 Å². The van der Waals surface area contributed by atoms with Crippen LogP contribution in [-0.4, -0.2) is 26.6 Å². The van der Waals surface area contributed by atoms with Crippen molar-refractivity contribution < 1.29 is 4.74 Å². The van der Waals surface area contributed by atoms with Gasteiger partial charge in [0.25, 0.3) is 0 Å². The summed E-state index contributed by atoms with van der Waals surface area (Å²) in [6, 6.07) is 60.6. The first-order valence-corrected chi connectivity index (χ1v) is 25.5. The zero-order chi connectivity index (χ0) is 49.8. The predicted molar refractivity (Wildman–Crippen MR) is 298 cm³/mol. The molecule has 0 fully saturated rings. The summed E-state index contributed by atoms with van der Waals surface area (Å²) in [5, 5.41) is 2.44. The standard InChI is InChI=1S/C66H66N4O/c1-41(2)66(12)65(11,61(45-24-15-13-16-25-45)46-26-17-14-18-27-46)68-62(71-66)48-35-47(60-43(4)22-21-23-44(60)5)36-50(37-48)69-56-29-20-19-28-53(56)64(9,10)54-39-52-51-34-42(3)30-31-55(51)70(57(52)40-58(54)69)59-38-49(32-33-67-59)63(6,7)8/h13-41,61H,1-12H3/t65-,66-/m1/s1. The number of hydrogen-bond donors (Lipinski definition) is 0. The number of fused-ring (bicyclic) bond motifs is 5. The first kappa shape index (κ1) is 46.2. The summed E-state index contributed by atoms with van der Waals surface area (Å²) in [4.78, 5) is 13.5. The van der Waals surface area contributed by atoms with E-state index in [1.54, 1.807) is 0 Å². The summed E-state index contributed by atoms with van der Waals surface area (Å²) in [6.07, 6.45) is 1.97. The van der Waals surface area contributed by atoms with E-state index in [2.05, 4.69) is 256 Å². The Labute approximate surface area is 420 Å². The average Bonchev–Trinajstić information content (AvgIpc) is 3.82. The summed E-state index contributed by atoms with van der Waals surface area (Å²) in [5.74, 6) is 1.64. The molecule has 9 aromatic rings. The number of nitrogens with zero attached hydrogens (tertiary/aromatic N) is 4. The van der Waals surface area contributed by atoms with Crippen LogP contribution in [0.25, 0.3) is 38.8 Å². The highest BCUT2D eigenvalue weighted by Crippen LogP contribution is 2.56. The Morgan fingerprint density at radius 3 is 1.87 bits per heavy atom. The predicted octanol–water partition coefficient (Wildman–Crippen LogP) is 17.0. The molecule has 2 aromatic heterocycles. The zero-order valence-corrected chi connectivity index (χ0v) is 43.5. The topological polar surface area (TPSA) is 42.7 Å². The maximum Gasteiger partial charge on any atom is 0.217 e. The Morgan fingerprint density at radius 2 is 1.21 bits per heavy atom. The third kappa shape index (κ3) is 7.33. The quantitative estimate of drug-likeness (QED) is 0.152. The van der Waals surface area contributed by atoms with Gasteiger partial charge < -0.3 is 9.64 Å². The number of ether oxygens (including phenoxy) is 1. The minimum Gasteiger partial charge on any atom is -0.468 e. The fourth-order valence-electron chi connectivity index (χ4n) is 12.1. The molecule has 5 nitrogen and oxygen atoms in total. The fourth-order valence-corrected chi connectivity index (χ4v) is 12.1. The second-order valence-electron chi connectivity index (χ2n) is 22.6. The summed E-state index contributed by atoms with van der Waals surface area (Å²) < 4.78 is 9.91. The highest BCUT2D eigenvalue weighted by molar-refractivity contribution is 6.12. The van der Waals surface area contributed by atoms with Crippen molar-refractivity contribution in [2.75, 3.05) is 4.90 Å². The summed E-state index contributed by atoms with van der Waals surface area (Å²) in [6.45, 7) is 27.4. The van der Waals surface area contributed by atoms with Crippen LogP contribution in [0.4, 0.5) is 17.1 Å². The molecule has 0 N–H and O–H groups in total. The molecule has 7 aromatic carbocycles. The molecule has 2 atom stereocenters. The Balaban J connectivity index is 1.20. The molecule has 356 valence electrons. The van der Waals surface area contributed by atoms with Crippen LogP contribution in [-0.2, 0) is 15.6 Å². The van der Waals surface area contributed by atoms with Gasteiger partial charge in [-0.1, -0.05) is 157 Å². The molecule has 2 aliphatic rings. The van der Waals surface area contributed by atoms with E-state index in [4.69, 9.17) is 14.7 Å².